The van der Waals surface area contributed by atoms with E-state index in [1.54, 1.807) is 6.07 Å². The van der Waals surface area contributed by atoms with Crippen molar-refractivity contribution in [1.82, 2.24) is 4.90 Å². The van der Waals surface area contributed by atoms with Gasteiger partial charge in [-0.05, 0) is 49.4 Å². The molecule has 1 saturated heterocycles. The van der Waals surface area contributed by atoms with E-state index in [4.69, 9.17) is 5.73 Å². The van der Waals surface area contributed by atoms with Gasteiger partial charge in [0.05, 0.1) is 0 Å². The van der Waals surface area contributed by atoms with Crippen LogP contribution >= 0.6 is 12.4 Å². The van der Waals surface area contributed by atoms with Gasteiger partial charge in [-0.15, -0.1) is 12.4 Å². The first-order valence-electron chi connectivity index (χ1n) is 6.79. The number of hydrogen-bond acceptors (Lipinski definition) is 2. The Morgan fingerprint density at radius 2 is 2.16 bits per heavy atom. The SMILES string of the molecule is Cc1cc(CN2CCC(C)CC2CN)ccc1F.Cl. The maximum Gasteiger partial charge on any atom is 0.126 e. The Balaban J connectivity index is 0.00000180. The molecular weight excluding hydrogens is 263 g/mol. The molecule has 2 atom stereocenters. The van der Waals surface area contributed by atoms with Crippen LogP contribution in [-0.4, -0.2) is 24.0 Å². The fourth-order valence-electron chi connectivity index (χ4n) is 2.79. The van der Waals surface area contributed by atoms with Crippen LogP contribution in [-0.2, 0) is 6.54 Å². The Bertz CT molecular complexity index is 411. The second kappa shape index (κ2) is 7.22. The maximum absolute atomic E-state index is 13.2. The molecule has 0 bridgehead atoms. The van der Waals surface area contributed by atoms with Gasteiger partial charge in [-0.1, -0.05) is 19.1 Å². The number of benzene rings is 1. The molecule has 1 fully saturated rings. The topological polar surface area (TPSA) is 29.3 Å². The van der Waals surface area contributed by atoms with Crippen molar-refractivity contribution < 1.29 is 4.39 Å². The number of halogens is 2. The minimum atomic E-state index is -0.124. The van der Waals surface area contributed by atoms with Crippen LogP contribution in [0.5, 0.6) is 0 Å². The molecule has 2 rings (SSSR count). The molecule has 0 amide bonds. The molecule has 0 spiro atoms. The molecule has 0 radical (unpaired) electrons. The molecule has 108 valence electrons. The van der Waals surface area contributed by atoms with Crippen LogP contribution in [0, 0.1) is 18.7 Å². The van der Waals surface area contributed by atoms with E-state index in [-0.39, 0.29) is 18.2 Å². The van der Waals surface area contributed by atoms with Crippen molar-refractivity contribution in [2.45, 2.75) is 39.3 Å². The number of rotatable bonds is 3. The minimum absolute atomic E-state index is 0. The molecule has 2 N–H and O–H groups in total. The zero-order valence-corrected chi connectivity index (χ0v) is 12.5. The highest BCUT2D eigenvalue weighted by Crippen LogP contribution is 2.24. The van der Waals surface area contributed by atoms with Crippen molar-refractivity contribution in [1.29, 1.82) is 0 Å². The summed E-state index contributed by atoms with van der Waals surface area (Å²) in [5.74, 6) is 0.645. The predicted molar refractivity (Wildman–Crippen MR) is 80.0 cm³/mol. The fourth-order valence-corrected chi connectivity index (χ4v) is 2.79. The van der Waals surface area contributed by atoms with Crippen molar-refractivity contribution in [2.24, 2.45) is 11.7 Å². The molecule has 2 nitrogen and oxygen atoms in total. The Morgan fingerprint density at radius 3 is 2.79 bits per heavy atom. The number of piperidine rings is 1. The zero-order valence-electron chi connectivity index (χ0n) is 11.7. The van der Waals surface area contributed by atoms with Gasteiger partial charge in [-0.2, -0.15) is 0 Å². The molecule has 2 unspecified atom stereocenters. The Morgan fingerprint density at radius 1 is 1.42 bits per heavy atom. The lowest BCUT2D eigenvalue weighted by Crippen LogP contribution is -2.45. The van der Waals surface area contributed by atoms with Crippen molar-refractivity contribution in [3.05, 3.63) is 35.1 Å². The third-order valence-electron chi connectivity index (χ3n) is 3.98. The normalized spacial score (nSPS) is 24.0. The first kappa shape index (κ1) is 16.4. The molecule has 1 aromatic rings. The van der Waals surface area contributed by atoms with Crippen LogP contribution in [0.25, 0.3) is 0 Å². The van der Waals surface area contributed by atoms with Crippen LogP contribution in [0.4, 0.5) is 4.39 Å². The number of hydrogen-bond donors (Lipinski definition) is 1. The first-order chi connectivity index (χ1) is 8.60. The van der Waals surface area contributed by atoms with Crippen molar-refractivity contribution in [3.63, 3.8) is 0 Å². The van der Waals surface area contributed by atoms with E-state index in [1.165, 1.54) is 18.4 Å². The average Bonchev–Trinajstić information content (AvgIpc) is 2.36. The van der Waals surface area contributed by atoms with Crippen LogP contribution in [0.1, 0.15) is 30.9 Å². The number of likely N-dealkylation sites (tertiary alicyclic amines) is 1. The minimum Gasteiger partial charge on any atom is -0.329 e. The summed E-state index contributed by atoms with van der Waals surface area (Å²) in [4.78, 5) is 2.44. The standard InChI is InChI=1S/C15H23FN2.ClH/c1-11-5-6-18(14(7-11)9-17)10-13-3-4-15(16)12(2)8-13;/h3-4,8,11,14H,5-7,9-10,17H2,1-2H3;1H. The molecule has 0 aliphatic carbocycles. The quantitative estimate of drug-likeness (QED) is 0.925. The second-order valence-electron chi connectivity index (χ2n) is 5.57. The van der Waals surface area contributed by atoms with E-state index in [1.807, 2.05) is 19.1 Å². The van der Waals surface area contributed by atoms with E-state index in [0.717, 1.165) is 24.6 Å². The summed E-state index contributed by atoms with van der Waals surface area (Å²) in [6, 6.07) is 5.86. The molecular formula is C15H24ClFN2. The van der Waals surface area contributed by atoms with E-state index in [2.05, 4.69) is 11.8 Å². The van der Waals surface area contributed by atoms with Gasteiger partial charge in [0.25, 0.3) is 0 Å². The number of aryl methyl sites for hydroxylation is 1. The summed E-state index contributed by atoms with van der Waals surface area (Å²) >= 11 is 0. The van der Waals surface area contributed by atoms with Crippen molar-refractivity contribution >= 4 is 12.4 Å². The van der Waals surface area contributed by atoms with Crippen LogP contribution in [0.3, 0.4) is 0 Å². The lowest BCUT2D eigenvalue weighted by Gasteiger charge is -2.38. The molecule has 1 heterocycles. The van der Waals surface area contributed by atoms with Gasteiger partial charge in [0.1, 0.15) is 5.82 Å². The highest BCUT2D eigenvalue weighted by Gasteiger charge is 2.25. The third kappa shape index (κ3) is 4.16. The smallest absolute Gasteiger partial charge is 0.126 e. The van der Waals surface area contributed by atoms with Gasteiger partial charge in [-0.25, -0.2) is 4.39 Å². The largest absolute Gasteiger partial charge is 0.329 e. The second-order valence-corrected chi connectivity index (χ2v) is 5.57. The fraction of sp³-hybridized carbons (Fsp3) is 0.600. The van der Waals surface area contributed by atoms with Crippen LogP contribution < -0.4 is 5.73 Å². The van der Waals surface area contributed by atoms with E-state index < -0.39 is 0 Å². The lowest BCUT2D eigenvalue weighted by atomic mass is 9.92. The molecule has 1 aliphatic heterocycles. The third-order valence-corrected chi connectivity index (χ3v) is 3.98. The highest BCUT2D eigenvalue weighted by molar-refractivity contribution is 5.85. The zero-order chi connectivity index (χ0) is 13.1. The van der Waals surface area contributed by atoms with Gasteiger partial charge in [0, 0.05) is 19.1 Å². The van der Waals surface area contributed by atoms with Crippen molar-refractivity contribution in [2.75, 3.05) is 13.1 Å². The molecule has 0 aromatic heterocycles. The summed E-state index contributed by atoms with van der Waals surface area (Å²) in [6.07, 6.45) is 2.41. The van der Waals surface area contributed by atoms with E-state index in [9.17, 15) is 4.39 Å². The predicted octanol–water partition coefficient (Wildman–Crippen LogP) is 3.12. The Hall–Kier alpha value is -0.640. The molecule has 19 heavy (non-hydrogen) atoms. The molecule has 1 aromatic carbocycles. The van der Waals surface area contributed by atoms with Crippen molar-refractivity contribution in [3.8, 4) is 0 Å². The monoisotopic (exact) mass is 286 g/mol. The Labute approximate surface area is 121 Å². The number of nitrogens with two attached hydrogens (primary N) is 1. The Kier molecular flexibility index (Phi) is 6.24. The van der Waals surface area contributed by atoms with E-state index >= 15 is 0 Å². The summed E-state index contributed by atoms with van der Waals surface area (Å²) in [5, 5.41) is 0. The molecule has 4 heteroatoms. The summed E-state index contributed by atoms with van der Waals surface area (Å²) in [5.41, 5.74) is 7.77. The van der Waals surface area contributed by atoms with Gasteiger partial charge in [-0.3, -0.25) is 4.90 Å². The molecule has 0 saturated carbocycles. The van der Waals surface area contributed by atoms with Gasteiger partial charge in [0.2, 0.25) is 0 Å². The van der Waals surface area contributed by atoms with Gasteiger partial charge in [0.15, 0.2) is 0 Å². The average molecular weight is 287 g/mol. The van der Waals surface area contributed by atoms with Gasteiger partial charge < -0.3 is 5.73 Å². The lowest BCUT2D eigenvalue weighted by molar-refractivity contribution is 0.115. The van der Waals surface area contributed by atoms with E-state index in [0.29, 0.717) is 12.6 Å². The van der Waals surface area contributed by atoms with Gasteiger partial charge >= 0.3 is 0 Å². The summed E-state index contributed by atoms with van der Waals surface area (Å²) < 4.78 is 13.2. The maximum atomic E-state index is 13.2. The van der Waals surface area contributed by atoms with Crippen LogP contribution in [0.15, 0.2) is 18.2 Å². The molecule has 1 aliphatic rings. The summed E-state index contributed by atoms with van der Waals surface area (Å²) in [6.45, 7) is 6.80. The highest BCUT2D eigenvalue weighted by atomic mass is 35.5. The summed E-state index contributed by atoms with van der Waals surface area (Å²) in [7, 11) is 0. The van der Waals surface area contributed by atoms with Crippen LogP contribution in [0.2, 0.25) is 0 Å². The first-order valence-corrected chi connectivity index (χ1v) is 6.79. The number of nitrogens with zero attached hydrogens (tertiary/aromatic N) is 1.